The summed E-state index contributed by atoms with van der Waals surface area (Å²) in [4.78, 5) is 6.94. The Labute approximate surface area is 137 Å². The minimum atomic E-state index is -0.429. The van der Waals surface area contributed by atoms with Gasteiger partial charge in [0.1, 0.15) is 0 Å². The number of aliphatic hydroxyl groups excluding tert-OH is 1. The molecule has 1 fully saturated rings. The van der Waals surface area contributed by atoms with Crippen molar-refractivity contribution >= 4 is 0 Å². The molecule has 23 heavy (non-hydrogen) atoms. The highest BCUT2D eigenvalue weighted by Crippen LogP contribution is 2.37. The van der Waals surface area contributed by atoms with Crippen LogP contribution in [0.5, 0.6) is 0 Å². The minimum Gasteiger partial charge on any atom is -0.387 e. The van der Waals surface area contributed by atoms with Crippen LogP contribution < -0.4 is 0 Å². The molecule has 0 saturated heterocycles. The molecule has 0 spiro atoms. The molecule has 122 valence electrons. The van der Waals surface area contributed by atoms with Crippen molar-refractivity contribution < 1.29 is 5.11 Å². The number of benzene rings is 1. The Morgan fingerprint density at radius 2 is 2.09 bits per heavy atom. The Kier molecular flexibility index (Phi) is 3.74. The number of imidazole rings is 1. The summed E-state index contributed by atoms with van der Waals surface area (Å²) in [6.45, 7) is 6.75. The standard InChI is InChI=1S/C19H25N3O/c1-13-3-4-15(9-14(13)2)19(23)11-21-8-7-18-17(10-21)20-12-22(18)16-5-6-16/h3-4,9,12,16,19,23H,5-8,10-11H2,1-2H3. The third kappa shape index (κ3) is 2.93. The molecule has 0 radical (unpaired) electrons. The fraction of sp³-hybridized carbons (Fsp3) is 0.526. The van der Waals surface area contributed by atoms with Crippen molar-refractivity contribution in [3.63, 3.8) is 0 Å². The van der Waals surface area contributed by atoms with Crippen LogP contribution in [0.1, 0.15) is 53.1 Å². The van der Waals surface area contributed by atoms with E-state index in [1.807, 2.05) is 12.4 Å². The number of fused-ring (bicyclic) bond motifs is 1. The molecule has 4 rings (SSSR count). The molecule has 1 aliphatic carbocycles. The minimum absolute atomic E-state index is 0.429. The van der Waals surface area contributed by atoms with Crippen molar-refractivity contribution in [2.24, 2.45) is 0 Å². The van der Waals surface area contributed by atoms with Crippen LogP contribution in [0.2, 0.25) is 0 Å². The Morgan fingerprint density at radius 1 is 1.26 bits per heavy atom. The van der Waals surface area contributed by atoms with Gasteiger partial charge in [-0.15, -0.1) is 0 Å². The number of nitrogens with zero attached hydrogens (tertiary/aromatic N) is 3. The van der Waals surface area contributed by atoms with Crippen LogP contribution in [0.25, 0.3) is 0 Å². The highest BCUT2D eigenvalue weighted by Gasteiger charge is 2.30. The molecule has 2 heterocycles. The van der Waals surface area contributed by atoms with E-state index in [1.165, 1.54) is 35.4 Å². The van der Waals surface area contributed by atoms with E-state index in [4.69, 9.17) is 0 Å². The summed E-state index contributed by atoms with van der Waals surface area (Å²) in [5, 5.41) is 10.6. The molecular weight excluding hydrogens is 286 g/mol. The maximum absolute atomic E-state index is 10.6. The molecule has 1 atom stereocenters. The Morgan fingerprint density at radius 3 is 2.83 bits per heavy atom. The van der Waals surface area contributed by atoms with E-state index in [9.17, 15) is 5.11 Å². The van der Waals surface area contributed by atoms with Gasteiger partial charge in [-0.25, -0.2) is 4.98 Å². The summed E-state index contributed by atoms with van der Waals surface area (Å²) in [7, 11) is 0. The average Bonchev–Trinajstić information content (AvgIpc) is 3.30. The Balaban J connectivity index is 1.44. The first kappa shape index (κ1) is 14.9. The summed E-state index contributed by atoms with van der Waals surface area (Å²) in [5.41, 5.74) is 6.15. The smallest absolute Gasteiger partial charge is 0.0954 e. The highest BCUT2D eigenvalue weighted by molar-refractivity contribution is 5.31. The monoisotopic (exact) mass is 311 g/mol. The lowest BCUT2D eigenvalue weighted by molar-refractivity contribution is 0.104. The molecule has 1 aromatic heterocycles. The predicted molar refractivity (Wildman–Crippen MR) is 90.4 cm³/mol. The molecule has 1 unspecified atom stereocenters. The van der Waals surface area contributed by atoms with Crippen LogP contribution >= 0.6 is 0 Å². The molecular formula is C19H25N3O. The van der Waals surface area contributed by atoms with E-state index >= 15 is 0 Å². The van der Waals surface area contributed by atoms with Gasteiger partial charge in [0.25, 0.3) is 0 Å². The van der Waals surface area contributed by atoms with Gasteiger partial charge in [0, 0.05) is 37.8 Å². The van der Waals surface area contributed by atoms with Gasteiger partial charge in [-0.3, -0.25) is 4.90 Å². The van der Waals surface area contributed by atoms with Crippen LogP contribution in [0.4, 0.5) is 0 Å². The SMILES string of the molecule is Cc1ccc(C(O)CN2CCc3c(ncn3C3CC3)C2)cc1C. The van der Waals surface area contributed by atoms with Crippen LogP contribution in [0.15, 0.2) is 24.5 Å². The van der Waals surface area contributed by atoms with Crippen molar-refractivity contribution in [3.8, 4) is 0 Å². The van der Waals surface area contributed by atoms with Gasteiger partial charge in [-0.1, -0.05) is 18.2 Å². The molecule has 2 aliphatic rings. The van der Waals surface area contributed by atoms with Crippen molar-refractivity contribution in [1.82, 2.24) is 14.5 Å². The van der Waals surface area contributed by atoms with Crippen molar-refractivity contribution in [2.45, 2.75) is 51.8 Å². The number of aliphatic hydroxyl groups is 1. The summed E-state index contributed by atoms with van der Waals surface area (Å²) in [6, 6.07) is 6.96. The lowest BCUT2D eigenvalue weighted by Crippen LogP contribution is -2.34. The first-order valence-corrected chi connectivity index (χ1v) is 8.64. The highest BCUT2D eigenvalue weighted by atomic mass is 16.3. The molecule has 4 heteroatoms. The summed E-state index contributed by atoms with van der Waals surface area (Å²) < 4.78 is 2.38. The molecule has 2 aromatic rings. The number of hydrogen-bond donors (Lipinski definition) is 1. The van der Waals surface area contributed by atoms with Crippen LogP contribution in [-0.2, 0) is 13.0 Å². The van der Waals surface area contributed by atoms with Crippen LogP contribution in [0, 0.1) is 13.8 Å². The number of aromatic nitrogens is 2. The zero-order valence-corrected chi connectivity index (χ0v) is 14.0. The lowest BCUT2D eigenvalue weighted by atomic mass is 10.0. The lowest BCUT2D eigenvalue weighted by Gasteiger charge is -2.29. The second-order valence-corrected chi connectivity index (χ2v) is 7.12. The number of hydrogen-bond acceptors (Lipinski definition) is 3. The van der Waals surface area contributed by atoms with Crippen molar-refractivity contribution in [2.75, 3.05) is 13.1 Å². The number of rotatable bonds is 4. The molecule has 1 saturated carbocycles. The quantitative estimate of drug-likeness (QED) is 0.944. The third-order valence-corrected chi connectivity index (χ3v) is 5.31. The first-order valence-electron chi connectivity index (χ1n) is 8.64. The van der Waals surface area contributed by atoms with Gasteiger partial charge in [0.15, 0.2) is 0 Å². The second-order valence-electron chi connectivity index (χ2n) is 7.12. The summed E-state index contributed by atoms with van der Waals surface area (Å²) in [5.74, 6) is 0. The van der Waals surface area contributed by atoms with Crippen molar-refractivity contribution in [3.05, 3.63) is 52.6 Å². The first-order chi connectivity index (χ1) is 11.1. The van der Waals surface area contributed by atoms with Gasteiger partial charge < -0.3 is 9.67 Å². The van der Waals surface area contributed by atoms with E-state index in [-0.39, 0.29) is 0 Å². The van der Waals surface area contributed by atoms with E-state index in [0.717, 1.165) is 25.1 Å². The maximum atomic E-state index is 10.6. The van der Waals surface area contributed by atoms with Gasteiger partial charge in [0.05, 0.1) is 18.1 Å². The normalized spacial score (nSPS) is 19.6. The van der Waals surface area contributed by atoms with Gasteiger partial charge in [-0.05, 0) is 43.4 Å². The third-order valence-electron chi connectivity index (χ3n) is 5.31. The number of β-amino-alcohol motifs (C(OH)–C–C–N with tert-alkyl or cyclic N) is 1. The average molecular weight is 311 g/mol. The van der Waals surface area contributed by atoms with E-state index in [1.54, 1.807) is 0 Å². The van der Waals surface area contributed by atoms with Crippen LogP contribution in [-0.4, -0.2) is 32.6 Å². The predicted octanol–water partition coefficient (Wildman–Crippen LogP) is 2.93. The largest absolute Gasteiger partial charge is 0.387 e. The molecule has 4 nitrogen and oxygen atoms in total. The topological polar surface area (TPSA) is 41.3 Å². The zero-order chi connectivity index (χ0) is 16.0. The molecule has 1 N–H and O–H groups in total. The molecule has 0 amide bonds. The summed E-state index contributed by atoms with van der Waals surface area (Å²) in [6.07, 6.45) is 5.24. The fourth-order valence-electron chi connectivity index (χ4n) is 3.53. The molecule has 1 aromatic carbocycles. The summed E-state index contributed by atoms with van der Waals surface area (Å²) >= 11 is 0. The van der Waals surface area contributed by atoms with Gasteiger partial charge in [-0.2, -0.15) is 0 Å². The van der Waals surface area contributed by atoms with E-state index in [0.29, 0.717) is 12.6 Å². The van der Waals surface area contributed by atoms with Gasteiger partial charge in [0.2, 0.25) is 0 Å². The van der Waals surface area contributed by atoms with Crippen LogP contribution in [0.3, 0.4) is 0 Å². The molecule has 1 aliphatic heterocycles. The van der Waals surface area contributed by atoms with Gasteiger partial charge >= 0.3 is 0 Å². The Bertz CT molecular complexity index is 717. The number of aryl methyl sites for hydroxylation is 2. The molecule has 0 bridgehead atoms. The maximum Gasteiger partial charge on any atom is 0.0954 e. The van der Waals surface area contributed by atoms with E-state index < -0.39 is 6.10 Å². The van der Waals surface area contributed by atoms with E-state index in [2.05, 4.69) is 40.4 Å². The fourth-order valence-corrected chi connectivity index (χ4v) is 3.53. The Hall–Kier alpha value is -1.65. The second kappa shape index (κ2) is 5.77. The zero-order valence-electron chi connectivity index (χ0n) is 14.0. The van der Waals surface area contributed by atoms with Crippen molar-refractivity contribution in [1.29, 1.82) is 0 Å².